The van der Waals surface area contributed by atoms with Crippen molar-refractivity contribution < 1.29 is 24.2 Å². The van der Waals surface area contributed by atoms with Gasteiger partial charge in [-0.05, 0) is 53.5 Å². The molecule has 0 heterocycles. The Balaban J connectivity index is 2.92. The minimum Gasteiger partial charge on any atom is -0.459 e. The van der Waals surface area contributed by atoms with E-state index >= 15 is 0 Å². The Kier molecular flexibility index (Phi) is 8.44. The van der Waals surface area contributed by atoms with E-state index in [9.17, 15) is 14.7 Å². The summed E-state index contributed by atoms with van der Waals surface area (Å²) in [5.74, 6) is -0.893. The maximum atomic E-state index is 12.3. The monoisotopic (exact) mass is 379 g/mol. The van der Waals surface area contributed by atoms with Gasteiger partial charge in [0.15, 0.2) is 0 Å². The normalized spacial score (nSPS) is 13.3. The summed E-state index contributed by atoms with van der Waals surface area (Å²) in [6.07, 6.45) is 0.503. The number of rotatable bonds is 8. The fourth-order valence-corrected chi connectivity index (χ4v) is 2.59. The second-order valence-corrected chi connectivity index (χ2v) is 8.60. The highest BCUT2D eigenvalue weighted by molar-refractivity contribution is 5.75. The van der Waals surface area contributed by atoms with Crippen molar-refractivity contribution >= 4 is 11.9 Å². The minimum atomic E-state index is -0.622. The minimum absolute atomic E-state index is 0.103. The van der Waals surface area contributed by atoms with Crippen LogP contribution in [0.2, 0.25) is 0 Å². The molecule has 0 aliphatic rings. The summed E-state index contributed by atoms with van der Waals surface area (Å²) in [7, 11) is 0. The molecule has 0 bridgehead atoms. The molecule has 1 aromatic rings. The molecular formula is C21H33NO5. The highest BCUT2D eigenvalue weighted by atomic mass is 16.6. The summed E-state index contributed by atoms with van der Waals surface area (Å²) in [5.41, 5.74) is -0.235. The van der Waals surface area contributed by atoms with Crippen LogP contribution in [-0.4, -0.2) is 58.9 Å². The Hall–Kier alpha value is -1.92. The standard InChI is InChI=1S/C21H33NO5/c1-20(2,3)26-18(24)13-22(14-19(25)27-21(4,5)6)17(15-23)12-16-10-8-7-9-11-16/h7-11,17,23H,12-15H2,1-6H3/t17-/m0/s1. The third-order valence-corrected chi connectivity index (χ3v) is 3.55. The van der Waals surface area contributed by atoms with Gasteiger partial charge in [0.2, 0.25) is 0 Å². The first-order valence-electron chi connectivity index (χ1n) is 9.22. The number of aliphatic hydroxyl groups is 1. The van der Waals surface area contributed by atoms with Gasteiger partial charge in [0.1, 0.15) is 11.2 Å². The second kappa shape index (κ2) is 9.85. The summed E-state index contributed by atoms with van der Waals surface area (Å²) >= 11 is 0. The largest absolute Gasteiger partial charge is 0.459 e. The fraction of sp³-hybridized carbons (Fsp3) is 0.619. The van der Waals surface area contributed by atoms with Crippen LogP contribution in [0, 0.1) is 0 Å². The number of carbonyl (C=O) groups excluding carboxylic acids is 2. The van der Waals surface area contributed by atoms with Crippen LogP contribution < -0.4 is 0 Å². The highest BCUT2D eigenvalue weighted by Gasteiger charge is 2.28. The van der Waals surface area contributed by atoms with Gasteiger partial charge in [-0.2, -0.15) is 0 Å². The van der Waals surface area contributed by atoms with Gasteiger partial charge in [0.05, 0.1) is 19.7 Å². The number of esters is 2. The molecule has 0 saturated heterocycles. The van der Waals surface area contributed by atoms with Crippen molar-refractivity contribution in [2.75, 3.05) is 19.7 Å². The zero-order chi connectivity index (χ0) is 20.7. The summed E-state index contributed by atoms with van der Waals surface area (Å²) in [5, 5.41) is 9.90. The van der Waals surface area contributed by atoms with Crippen molar-refractivity contribution in [2.24, 2.45) is 0 Å². The predicted molar refractivity (Wildman–Crippen MR) is 104 cm³/mol. The van der Waals surface area contributed by atoms with Crippen LogP contribution >= 0.6 is 0 Å². The van der Waals surface area contributed by atoms with Crippen molar-refractivity contribution in [3.05, 3.63) is 35.9 Å². The molecular weight excluding hydrogens is 346 g/mol. The zero-order valence-corrected chi connectivity index (χ0v) is 17.3. The topological polar surface area (TPSA) is 76.1 Å². The molecule has 0 fully saturated rings. The first-order valence-corrected chi connectivity index (χ1v) is 9.22. The molecule has 1 atom stereocenters. The van der Waals surface area contributed by atoms with Gasteiger partial charge >= 0.3 is 11.9 Å². The van der Waals surface area contributed by atoms with E-state index in [1.807, 2.05) is 30.3 Å². The third kappa shape index (κ3) is 10.1. The molecule has 6 nitrogen and oxygen atoms in total. The van der Waals surface area contributed by atoms with E-state index in [1.165, 1.54) is 0 Å². The second-order valence-electron chi connectivity index (χ2n) is 8.60. The Labute approximate surface area is 162 Å². The smallest absolute Gasteiger partial charge is 0.320 e. The Bertz CT molecular complexity index is 571. The first kappa shape index (κ1) is 23.1. The van der Waals surface area contributed by atoms with E-state index in [2.05, 4.69) is 0 Å². The van der Waals surface area contributed by atoms with Gasteiger partial charge in [0, 0.05) is 6.04 Å². The van der Waals surface area contributed by atoms with Crippen LogP contribution in [0.15, 0.2) is 30.3 Å². The number of hydrogen-bond donors (Lipinski definition) is 1. The van der Waals surface area contributed by atoms with E-state index in [4.69, 9.17) is 9.47 Å². The van der Waals surface area contributed by atoms with Gasteiger partial charge in [-0.25, -0.2) is 0 Å². The van der Waals surface area contributed by atoms with Gasteiger partial charge in [0.25, 0.3) is 0 Å². The van der Waals surface area contributed by atoms with E-state index < -0.39 is 29.2 Å². The van der Waals surface area contributed by atoms with Crippen LogP contribution in [0.5, 0.6) is 0 Å². The molecule has 0 aliphatic heterocycles. The summed E-state index contributed by atoms with van der Waals surface area (Å²) in [4.78, 5) is 26.2. The maximum Gasteiger partial charge on any atom is 0.320 e. The molecule has 1 N–H and O–H groups in total. The molecule has 0 radical (unpaired) electrons. The molecule has 6 heteroatoms. The molecule has 152 valence electrons. The SMILES string of the molecule is CC(C)(C)OC(=O)CN(CC(=O)OC(C)(C)C)[C@H](CO)Cc1ccccc1. The Morgan fingerprint density at radius 3 is 1.74 bits per heavy atom. The zero-order valence-electron chi connectivity index (χ0n) is 17.3. The summed E-state index contributed by atoms with van der Waals surface area (Å²) < 4.78 is 10.8. The van der Waals surface area contributed by atoms with E-state index in [0.29, 0.717) is 6.42 Å². The van der Waals surface area contributed by atoms with Crippen LogP contribution in [0.25, 0.3) is 0 Å². The van der Waals surface area contributed by atoms with Crippen molar-refractivity contribution in [1.29, 1.82) is 0 Å². The van der Waals surface area contributed by atoms with Crippen molar-refractivity contribution in [2.45, 2.75) is 65.2 Å². The number of benzene rings is 1. The molecule has 27 heavy (non-hydrogen) atoms. The van der Waals surface area contributed by atoms with Crippen molar-refractivity contribution in [3.63, 3.8) is 0 Å². The van der Waals surface area contributed by atoms with Crippen LogP contribution in [0.4, 0.5) is 0 Å². The van der Waals surface area contributed by atoms with E-state index in [1.54, 1.807) is 46.4 Å². The lowest BCUT2D eigenvalue weighted by Gasteiger charge is -2.31. The summed E-state index contributed by atoms with van der Waals surface area (Å²) in [6.45, 7) is 10.3. The fourth-order valence-electron chi connectivity index (χ4n) is 2.59. The molecule has 1 aromatic carbocycles. The lowest BCUT2D eigenvalue weighted by molar-refractivity contribution is -0.161. The molecule has 0 unspecified atom stereocenters. The number of hydrogen-bond acceptors (Lipinski definition) is 6. The number of aliphatic hydroxyl groups excluding tert-OH is 1. The lowest BCUT2D eigenvalue weighted by Crippen LogP contribution is -2.47. The molecule has 0 aromatic heterocycles. The van der Waals surface area contributed by atoms with Crippen LogP contribution in [-0.2, 0) is 25.5 Å². The Morgan fingerprint density at radius 1 is 0.926 bits per heavy atom. The van der Waals surface area contributed by atoms with Gasteiger partial charge in [-0.3, -0.25) is 14.5 Å². The number of nitrogens with zero attached hydrogens (tertiary/aromatic N) is 1. The molecule has 0 amide bonds. The van der Waals surface area contributed by atoms with E-state index in [0.717, 1.165) is 5.56 Å². The maximum absolute atomic E-state index is 12.3. The summed E-state index contributed by atoms with van der Waals surface area (Å²) in [6, 6.07) is 9.22. The van der Waals surface area contributed by atoms with Gasteiger partial charge < -0.3 is 14.6 Å². The van der Waals surface area contributed by atoms with E-state index in [-0.39, 0.29) is 19.7 Å². The average molecular weight is 379 g/mol. The van der Waals surface area contributed by atoms with Gasteiger partial charge in [-0.1, -0.05) is 30.3 Å². The van der Waals surface area contributed by atoms with Crippen LogP contribution in [0.3, 0.4) is 0 Å². The lowest BCUT2D eigenvalue weighted by atomic mass is 10.0. The van der Waals surface area contributed by atoms with Gasteiger partial charge in [-0.15, -0.1) is 0 Å². The molecule has 0 spiro atoms. The Morgan fingerprint density at radius 2 is 1.37 bits per heavy atom. The molecule has 1 rings (SSSR count). The number of ether oxygens (including phenoxy) is 2. The number of carbonyl (C=O) groups is 2. The van der Waals surface area contributed by atoms with Crippen LogP contribution in [0.1, 0.15) is 47.1 Å². The molecule has 0 saturated carbocycles. The first-order chi connectivity index (χ1) is 12.4. The predicted octanol–water partition coefficient (Wildman–Crippen LogP) is 2.58. The quantitative estimate of drug-likeness (QED) is 0.700. The average Bonchev–Trinajstić information content (AvgIpc) is 2.49. The third-order valence-electron chi connectivity index (χ3n) is 3.55. The van der Waals surface area contributed by atoms with Crippen molar-refractivity contribution in [3.8, 4) is 0 Å². The molecule has 0 aliphatic carbocycles. The highest BCUT2D eigenvalue weighted by Crippen LogP contribution is 2.14. The van der Waals surface area contributed by atoms with Crippen molar-refractivity contribution in [1.82, 2.24) is 4.90 Å².